The summed E-state index contributed by atoms with van der Waals surface area (Å²) in [5.74, 6) is 1.60. The van der Waals surface area contributed by atoms with Crippen LogP contribution in [0.5, 0.6) is 11.5 Å². The number of rotatable bonds is 3. The van der Waals surface area contributed by atoms with Crippen molar-refractivity contribution in [3.8, 4) is 11.5 Å². The van der Waals surface area contributed by atoms with Crippen molar-refractivity contribution in [3.05, 3.63) is 18.0 Å². The van der Waals surface area contributed by atoms with Crippen LogP contribution in [0.3, 0.4) is 0 Å². The van der Waals surface area contributed by atoms with E-state index in [1.807, 2.05) is 6.07 Å². The average Bonchev–Trinajstić information content (AvgIpc) is 3.00. The number of hydrogen-bond acceptors (Lipinski definition) is 3. The van der Waals surface area contributed by atoms with Gasteiger partial charge in [-0.15, -0.1) is 0 Å². The fourth-order valence-electron chi connectivity index (χ4n) is 1.59. The second kappa shape index (κ2) is 3.96. The van der Waals surface area contributed by atoms with Crippen LogP contribution >= 0.6 is 0 Å². The van der Waals surface area contributed by atoms with Crippen LogP contribution in [0.4, 0.5) is 0 Å². The minimum absolute atomic E-state index is 0.0290. The molecule has 0 aliphatic heterocycles. The molecule has 1 aliphatic carbocycles. The molecule has 0 unspecified atom stereocenters. The molecular formula is C13H19NO2. The van der Waals surface area contributed by atoms with Crippen molar-refractivity contribution >= 4 is 0 Å². The van der Waals surface area contributed by atoms with Gasteiger partial charge in [-0.2, -0.15) is 0 Å². The molecule has 3 heteroatoms. The van der Waals surface area contributed by atoms with E-state index in [4.69, 9.17) is 9.47 Å². The highest BCUT2D eigenvalue weighted by Gasteiger charge is 2.30. The van der Waals surface area contributed by atoms with E-state index in [0.717, 1.165) is 30.0 Å². The molecule has 0 aromatic carbocycles. The molecule has 0 radical (unpaired) electrons. The average molecular weight is 221 g/mol. The predicted molar refractivity (Wildman–Crippen MR) is 63.1 cm³/mol. The molecule has 2 rings (SSSR count). The van der Waals surface area contributed by atoms with Gasteiger partial charge in [-0.3, -0.25) is 4.98 Å². The lowest BCUT2D eigenvalue weighted by atomic mass is 9.91. The lowest BCUT2D eigenvalue weighted by molar-refractivity contribution is 0.271. The zero-order valence-electron chi connectivity index (χ0n) is 10.4. The molecule has 0 N–H and O–H groups in total. The lowest BCUT2D eigenvalue weighted by Crippen LogP contribution is -2.16. The Morgan fingerprint density at radius 3 is 2.50 bits per heavy atom. The summed E-state index contributed by atoms with van der Waals surface area (Å²) < 4.78 is 11.3. The Bertz CT molecular complexity index is 378. The molecule has 1 heterocycles. The van der Waals surface area contributed by atoms with E-state index in [9.17, 15) is 0 Å². The Morgan fingerprint density at radius 2 is 2.00 bits per heavy atom. The predicted octanol–water partition coefficient (Wildman–Crippen LogP) is 2.93. The Hall–Kier alpha value is -1.25. The lowest BCUT2D eigenvalue weighted by Gasteiger charge is -2.22. The molecule has 1 aliphatic rings. The molecule has 1 aromatic rings. The minimum Gasteiger partial charge on any atom is -0.493 e. The van der Waals surface area contributed by atoms with Crippen molar-refractivity contribution in [3.63, 3.8) is 0 Å². The van der Waals surface area contributed by atoms with Crippen LogP contribution in [-0.2, 0) is 5.41 Å². The quantitative estimate of drug-likeness (QED) is 0.786. The standard InChI is InChI=1S/C13H19NO2/c1-13(2,3)12-11(16-9-5-6-9)10(15-4)7-8-14-12/h7-9H,5-6H2,1-4H3. The normalized spacial score (nSPS) is 16.0. The van der Waals surface area contributed by atoms with Gasteiger partial charge in [-0.25, -0.2) is 0 Å². The number of aromatic nitrogens is 1. The van der Waals surface area contributed by atoms with Gasteiger partial charge in [0, 0.05) is 17.7 Å². The van der Waals surface area contributed by atoms with Gasteiger partial charge < -0.3 is 9.47 Å². The smallest absolute Gasteiger partial charge is 0.183 e. The molecule has 3 nitrogen and oxygen atoms in total. The van der Waals surface area contributed by atoms with Gasteiger partial charge in [-0.1, -0.05) is 20.8 Å². The minimum atomic E-state index is -0.0290. The first kappa shape index (κ1) is 11.2. The summed E-state index contributed by atoms with van der Waals surface area (Å²) in [5.41, 5.74) is 0.942. The zero-order valence-corrected chi connectivity index (χ0v) is 10.4. The van der Waals surface area contributed by atoms with Crippen molar-refractivity contribution < 1.29 is 9.47 Å². The first-order valence-corrected chi connectivity index (χ1v) is 5.72. The molecule has 1 fully saturated rings. The van der Waals surface area contributed by atoms with Crippen LogP contribution in [0.25, 0.3) is 0 Å². The van der Waals surface area contributed by atoms with Gasteiger partial charge in [0.05, 0.1) is 18.9 Å². The summed E-state index contributed by atoms with van der Waals surface area (Å²) in [4.78, 5) is 4.43. The van der Waals surface area contributed by atoms with Crippen LogP contribution in [0.15, 0.2) is 12.3 Å². The maximum Gasteiger partial charge on any atom is 0.183 e. The Balaban J connectivity index is 2.41. The van der Waals surface area contributed by atoms with Crippen LogP contribution in [-0.4, -0.2) is 18.2 Å². The summed E-state index contributed by atoms with van der Waals surface area (Å²) in [6.07, 6.45) is 4.42. The number of hydrogen-bond donors (Lipinski definition) is 0. The molecule has 1 saturated carbocycles. The number of nitrogens with zero attached hydrogens (tertiary/aromatic N) is 1. The number of ether oxygens (including phenoxy) is 2. The van der Waals surface area contributed by atoms with Gasteiger partial charge in [0.2, 0.25) is 0 Å². The van der Waals surface area contributed by atoms with Crippen molar-refractivity contribution in [1.82, 2.24) is 4.98 Å². The van der Waals surface area contributed by atoms with Crippen molar-refractivity contribution in [2.75, 3.05) is 7.11 Å². The first-order valence-electron chi connectivity index (χ1n) is 5.72. The fourth-order valence-corrected chi connectivity index (χ4v) is 1.59. The SMILES string of the molecule is COc1ccnc(C(C)(C)C)c1OC1CC1. The second-order valence-electron chi connectivity index (χ2n) is 5.26. The molecule has 16 heavy (non-hydrogen) atoms. The summed E-state index contributed by atoms with van der Waals surface area (Å²) in [5, 5.41) is 0. The topological polar surface area (TPSA) is 31.4 Å². The molecule has 0 spiro atoms. The Morgan fingerprint density at radius 1 is 1.31 bits per heavy atom. The third-order valence-electron chi connectivity index (χ3n) is 2.61. The number of methoxy groups -OCH3 is 1. The highest BCUT2D eigenvalue weighted by atomic mass is 16.5. The molecule has 1 aromatic heterocycles. The molecule has 0 bridgehead atoms. The molecule has 0 amide bonds. The summed E-state index contributed by atoms with van der Waals surface area (Å²) in [6, 6.07) is 1.85. The molecule has 88 valence electrons. The first-order chi connectivity index (χ1) is 7.52. The van der Waals surface area contributed by atoms with Crippen LogP contribution in [0.1, 0.15) is 39.3 Å². The van der Waals surface area contributed by atoms with E-state index in [0.29, 0.717) is 6.10 Å². The maximum atomic E-state index is 5.92. The van der Waals surface area contributed by atoms with E-state index in [2.05, 4.69) is 25.8 Å². The molecule has 0 atom stereocenters. The van der Waals surface area contributed by atoms with Gasteiger partial charge in [0.15, 0.2) is 11.5 Å². The van der Waals surface area contributed by atoms with Crippen LogP contribution in [0, 0.1) is 0 Å². The third kappa shape index (κ3) is 2.29. The largest absolute Gasteiger partial charge is 0.493 e. The maximum absolute atomic E-state index is 5.92. The zero-order chi connectivity index (χ0) is 11.8. The van der Waals surface area contributed by atoms with Crippen LogP contribution < -0.4 is 9.47 Å². The highest BCUT2D eigenvalue weighted by molar-refractivity contribution is 5.45. The Kier molecular flexibility index (Phi) is 2.78. The second-order valence-corrected chi connectivity index (χ2v) is 5.26. The van der Waals surface area contributed by atoms with E-state index < -0.39 is 0 Å². The van der Waals surface area contributed by atoms with Crippen molar-refractivity contribution in [1.29, 1.82) is 0 Å². The van der Waals surface area contributed by atoms with Crippen LogP contribution in [0.2, 0.25) is 0 Å². The van der Waals surface area contributed by atoms with E-state index in [1.54, 1.807) is 13.3 Å². The fraction of sp³-hybridized carbons (Fsp3) is 0.615. The van der Waals surface area contributed by atoms with Crippen molar-refractivity contribution in [2.24, 2.45) is 0 Å². The molecule has 0 saturated heterocycles. The Labute approximate surface area is 96.8 Å². The van der Waals surface area contributed by atoms with E-state index in [-0.39, 0.29) is 5.41 Å². The monoisotopic (exact) mass is 221 g/mol. The van der Waals surface area contributed by atoms with E-state index >= 15 is 0 Å². The van der Waals surface area contributed by atoms with Gasteiger partial charge >= 0.3 is 0 Å². The van der Waals surface area contributed by atoms with Gasteiger partial charge in [0.1, 0.15) is 0 Å². The third-order valence-corrected chi connectivity index (χ3v) is 2.61. The molecular weight excluding hydrogens is 202 g/mol. The highest BCUT2D eigenvalue weighted by Crippen LogP contribution is 2.40. The van der Waals surface area contributed by atoms with Gasteiger partial charge in [0.25, 0.3) is 0 Å². The van der Waals surface area contributed by atoms with Gasteiger partial charge in [-0.05, 0) is 12.8 Å². The van der Waals surface area contributed by atoms with Crippen molar-refractivity contribution in [2.45, 2.75) is 45.1 Å². The van der Waals surface area contributed by atoms with E-state index in [1.165, 1.54) is 0 Å². The summed E-state index contributed by atoms with van der Waals surface area (Å²) in [6.45, 7) is 6.40. The summed E-state index contributed by atoms with van der Waals surface area (Å²) in [7, 11) is 1.67. The number of pyridine rings is 1. The summed E-state index contributed by atoms with van der Waals surface area (Å²) >= 11 is 0.